The summed E-state index contributed by atoms with van der Waals surface area (Å²) in [5, 5.41) is 13.4. The number of benzene rings is 1. The summed E-state index contributed by atoms with van der Waals surface area (Å²) in [6, 6.07) is 5.60. The van der Waals surface area contributed by atoms with Crippen molar-refractivity contribution in [2.75, 3.05) is 26.3 Å². The SMILES string of the molecule is CCOc1ccc(C(O)CNCC(C)C)cc1OCC. The van der Waals surface area contributed by atoms with Gasteiger partial charge < -0.3 is 19.9 Å². The van der Waals surface area contributed by atoms with Gasteiger partial charge in [-0.1, -0.05) is 19.9 Å². The third-order valence-corrected chi connectivity index (χ3v) is 2.84. The Morgan fingerprint density at radius 3 is 2.30 bits per heavy atom. The summed E-state index contributed by atoms with van der Waals surface area (Å²) in [7, 11) is 0. The first-order chi connectivity index (χ1) is 9.58. The second-order valence-electron chi connectivity index (χ2n) is 5.14. The molecular weight excluding hydrogens is 254 g/mol. The molecule has 0 aromatic heterocycles. The highest BCUT2D eigenvalue weighted by Crippen LogP contribution is 2.30. The lowest BCUT2D eigenvalue weighted by atomic mass is 10.1. The van der Waals surface area contributed by atoms with Gasteiger partial charge in [0.15, 0.2) is 11.5 Å². The van der Waals surface area contributed by atoms with Crippen molar-refractivity contribution < 1.29 is 14.6 Å². The van der Waals surface area contributed by atoms with E-state index in [1.54, 1.807) is 0 Å². The van der Waals surface area contributed by atoms with Gasteiger partial charge in [0.05, 0.1) is 19.3 Å². The molecule has 1 rings (SSSR count). The molecule has 0 aliphatic carbocycles. The summed E-state index contributed by atoms with van der Waals surface area (Å²) in [4.78, 5) is 0. The topological polar surface area (TPSA) is 50.7 Å². The van der Waals surface area contributed by atoms with Crippen LogP contribution >= 0.6 is 0 Å². The summed E-state index contributed by atoms with van der Waals surface area (Å²) >= 11 is 0. The summed E-state index contributed by atoms with van der Waals surface area (Å²) in [6.07, 6.45) is -0.538. The largest absolute Gasteiger partial charge is 0.490 e. The molecule has 0 saturated heterocycles. The fourth-order valence-corrected chi connectivity index (χ4v) is 1.90. The Morgan fingerprint density at radius 1 is 1.05 bits per heavy atom. The Balaban J connectivity index is 2.71. The van der Waals surface area contributed by atoms with Crippen LogP contribution in [0.25, 0.3) is 0 Å². The van der Waals surface area contributed by atoms with Crippen LogP contribution in [0.3, 0.4) is 0 Å². The van der Waals surface area contributed by atoms with Gasteiger partial charge in [-0.25, -0.2) is 0 Å². The number of nitrogens with one attached hydrogen (secondary N) is 1. The molecule has 0 heterocycles. The van der Waals surface area contributed by atoms with Crippen LogP contribution < -0.4 is 14.8 Å². The Morgan fingerprint density at radius 2 is 1.70 bits per heavy atom. The Bertz CT molecular complexity index is 393. The molecule has 0 spiro atoms. The van der Waals surface area contributed by atoms with Crippen LogP contribution in [-0.2, 0) is 0 Å². The van der Waals surface area contributed by atoms with Crippen molar-refractivity contribution in [2.45, 2.75) is 33.8 Å². The first-order valence-electron chi connectivity index (χ1n) is 7.36. The number of rotatable bonds is 9. The lowest BCUT2D eigenvalue weighted by molar-refractivity contribution is 0.172. The number of aliphatic hydroxyl groups excluding tert-OH is 1. The minimum absolute atomic E-state index is 0.538. The van der Waals surface area contributed by atoms with Crippen LogP contribution in [0.4, 0.5) is 0 Å². The fraction of sp³-hybridized carbons (Fsp3) is 0.625. The van der Waals surface area contributed by atoms with E-state index in [2.05, 4.69) is 19.2 Å². The molecule has 20 heavy (non-hydrogen) atoms. The van der Waals surface area contributed by atoms with Gasteiger partial charge in [-0.2, -0.15) is 0 Å². The van der Waals surface area contributed by atoms with Crippen LogP contribution in [0.2, 0.25) is 0 Å². The molecule has 1 aromatic rings. The molecule has 1 atom stereocenters. The van der Waals surface area contributed by atoms with E-state index in [0.29, 0.717) is 31.4 Å². The molecule has 114 valence electrons. The third kappa shape index (κ3) is 5.39. The predicted octanol–water partition coefficient (Wildman–Crippen LogP) is 2.76. The van der Waals surface area contributed by atoms with Gasteiger partial charge in [0.2, 0.25) is 0 Å². The quantitative estimate of drug-likeness (QED) is 0.731. The highest BCUT2D eigenvalue weighted by Gasteiger charge is 2.12. The van der Waals surface area contributed by atoms with Gasteiger partial charge in [-0.05, 0) is 44.0 Å². The lowest BCUT2D eigenvalue weighted by Gasteiger charge is -2.16. The van der Waals surface area contributed by atoms with E-state index in [4.69, 9.17) is 9.47 Å². The monoisotopic (exact) mass is 281 g/mol. The van der Waals surface area contributed by atoms with Crippen molar-refractivity contribution in [2.24, 2.45) is 5.92 Å². The molecule has 1 aromatic carbocycles. The van der Waals surface area contributed by atoms with Crippen LogP contribution in [0.5, 0.6) is 11.5 Å². The van der Waals surface area contributed by atoms with Crippen LogP contribution in [0, 0.1) is 5.92 Å². The molecule has 0 amide bonds. The van der Waals surface area contributed by atoms with E-state index < -0.39 is 6.10 Å². The first-order valence-corrected chi connectivity index (χ1v) is 7.36. The van der Waals surface area contributed by atoms with Gasteiger partial charge in [0, 0.05) is 6.54 Å². The second-order valence-corrected chi connectivity index (χ2v) is 5.14. The number of ether oxygens (including phenoxy) is 2. The van der Waals surface area contributed by atoms with E-state index in [1.807, 2.05) is 32.0 Å². The number of hydrogen-bond acceptors (Lipinski definition) is 4. The van der Waals surface area contributed by atoms with Crippen molar-refractivity contribution >= 4 is 0 Å². The van der Waals surface area contributed by atoms with E-state index >= 15 is 0 Å². The number of aliphatic hydroxyl groups is 1. The maximum Gasteiger partial charge on any atom is 0.161 e. The van der Waals surface area contributed by atoms with E-state index in [9.17, 15) is 5.11 Å². The molecule has 0 aliphatic heterocycles. The van der Waals surface area contributed by atoms with Gasteiger partial charge in [-0.3, -0.25) is 0 Å². The van der Waals surface area contributed by atoms with Crippen molar-refractivity contribution in [1.82, 2.24) is 5.32 Å². The molecule has 2 N–H and O–H groups in total. The van der Waals surface area contributed by atoms with Gasteiger partial charge in [-0.15, -0.1) is 0 Å². The molecule has 1 unspecified atom stereocenters. The maximum absolute atomic E-state index is 10.2. The Kier molecular flexibility index (Phi) is 7.41. The van der Waals surface area contributed by atoms with Crippen molar-refractivity contribution in [3.63, 3.8) is 0 Å². The molecule has 0 radical (unpaired) electrons. The van der Waals surface area contributed by atoms with E-state index in [1.165, 1.54) is 0 Å². The smallest absolute Gasteiger partial charge is 0.161 e. The summed E-state index contributed by atoms with van der Waals surface area (Å²) in [5.74, 6) is 1.98. The molecule has 0 fully saturated rings. The lowest BCUT2D eigenvalue weighted by Crippen LogP contribution is -2.25. The summed E-state index contributed by atoms with van der Waals surface area (Å²) in [6.45, 7) is 10.8. The molecule has 0 saturated carbocycles. The molecule has 0 bridgehead atoms. The zero-order valence-electron chi connectivity index (χ0n) is 13.0. The van der Waals surface area contributed by atoms with E-state index in [0.717, 1.165) is 17.9 Å². The average Bonchev–Trinajstić information content (AvgIpc) is 2.40. The normalized spacial score (nSPS) is 12.5. The molecule has 4 heteroatoms. The Labute approximate surface area is 122 Å². The first kappa shape index (κ1) is 16.8. The highest BCUT2D eigenvalue weighted by atomic mass is 16.5. The molecular formula is C16H27NO3. The zero-order chi connectivity index (χ0) is 15.0. The minimum Gasteiger partial charge on any atom is -0.490 e. The zero-order valence-corrected chi connectivity index (χ0v) is 13.0. The third-order valence-electron chi connectivity index (χ3n) is 2.84. The van der Waals surface area contributed by atoms with Crippen LogP contribution in [0.1, 0.15) is 39.4 Å². The number of hydrogen-bond donors (Lipinski definition) is 2. The van der Waals surface area contributed by atoms with E-state index in [-0.39, 0.29) is 0 Å². The van der Waals surface area contributed by atoms with Gasteiger partial charge >= 0.3 is 0 Å². The van der Waals surface area contributed by atoms with Crippen LogP contribution in [0.15, 0.2) is 18.2 Å². The average molecular weight is 281 g/mol. The fourth-order valence-electron chi connectivity index (χ4n) is 1.90. The van der Waals surface area contributed by atoms with Gasteiger partial charge in [0.25, 0.3) is 0 Å². The van der Waals surface area contributed by atoms with Crippen molar-refractivity contribution in [3.8, 4) is 11.5 Å². The maximum atomic E-state index is 10.2. The second kappa shape index (κ2) is 8.82. The van der Waals surface area contributed by atoms with Crippen LogP contribution in [-0.4, -0.2) is 31.4 Å². The molecule has 4 nitrogen and oxygen atoms in total. The van der Waals surface area contributed by atoms with Gasteiger partial charge in [0.1, 0.15) is 0 Å². The predicted molar refractivity (Wildman–Crippen MR) is 81.4 cm³/mol. The highest BCUT2D eigenvalue weighted by molar-refractivity contribution is 5.43. The Hall–Kier alpha value is -1.26. The summed E-state index contributed by atoms with van der Waals surface area (Å²) < 4.78 is 11.1. The summed E-state index contributed by atoms with van der Waals surface area (Å²) in [5.41, 5.74) is 0.841. The van der Waals surface area contributed by atoms with Crippen molar-refractivity contribution in [1.29, 1.82) is 0 Å². The molecule has 0 aliphatic rings. The van der Waals surface area contributed by atoms with Crippen molar-refractivity contribution in [3.05, 3.63) is 23.8 Å². The standard InChI is InChI=1S/C16H27NO3/c1-5-19-15-8-7-13(9-16(15)20-6-2)14(18)11-17-10-12(3)4/h7-9,12,14,17-18H,5-6,10-11H2,1-4H3. The minimum atomic E-state index is -0.538.